The second-order valence-electron chi connectivity index (χ2n) is 9.62. The molecule has 0 aromatic heterocycles. The number of phenolic OH excluding ortho intramolecular Hbond substituents is 1. The number of ether oxygens (including phenoxy) is 1. The normalized spacial score (nSPS) is 26.1. The number of carbonyl (C=O) groups excluding carboxylic acids is 5. The summed E-state index contributed by atoms with van der Waals surface area (Å²) < 4.78 is 5.45. The van der Waals surface area contributed by atoms with Gasteiger partial charge < -0.3 is 31.1 Å². The van der Waals surface area contributed by atoms with Crippen LogP contribution in [-0.4, -0.2) is 65.5 Å². The van der Waals surface area contributed by atoms with E-state index in [1.807, 2.05) is 13.8 Å². The molecular weight excluding hydrogens is 480 g/mol. The molecule has 1 aromatic rings. The first-order chi connectivity index (χ1) is 17.4. The Balaban J connectivity index is 2.30. The molecule has 11 heteroatoms. The van der Waals surface area contributed by atoms with Crippen molar-refractivity contribution in [3.8, 4) is 5.75 Å². The lowest BCUT2D eigenvalue weighted by atomic mass is 10.0. The molecule has 202 valence electrons. The summed E-state index contributed by atoms with van der Waals surface area (Å²) >= 11 is 0. The monoisotopic (exact) mass is 516 g/mol. The second-order valence-corrected chi connectivity index (χ2v) is 9.62. The van der Waals surface area contributed by atoms with E-state index in [0.717, 1.165) is 0 Å². The van der Waals surface area contributed by atoms with Crippen molar-refractivity contribution in [1.82, 2.24) is 21.3 Å². The number of benzene rings is 1. The van der Waals surface area contributed by atoms with Crippen LogP contribution in [0.4, 0.5) is 0 Å². The fourth-order valence-corrected chi connectivity index (χ4v) is 3.56. The lowest BCUT2D eigenvalue weighted by Crippen LogP contribution is -2.59. The Morgan fingerprint density at radius 1 is 1.05 bits per heavy atom. The fourth-order valence-electron chi connectivity index (χ4n) is 3.56. The molecule has 1 aromatic carbocycles. The maximum atomic E-state index is 13.3. The summed E-state index contributed by atoms with van der Waals surface area (Å²) in [6, 6.07) is 2.96. The second kappa shape index (κ2) is 13.4. The Bertz CT molecular complexity index is 1020. The molecule has 5 atom stereocenters. The molecule has 0 unspecified atom stereocenters. The van der Waals surface area contributed by atoms with Crippen molar-refractivity contribution < 1.29 is 33.8 Å². The van der Waals surface area contributed by atoms with Crippen molar-refractivity contribution in [2.45, 2.75) is 65.3 Å². The third-order valence-corrected chi connectivity index (χ3v) is 5.75. The van der Waals surface area contributed by atoms with Crippen molar-refractivity contribution in [3.63, 3.8) is 0 Å². The predicted molar refractivity (Wildman–Crippen MR) is 136 cm³/mol. The number of carbonyl (C=O) groups is 5. The van der Waals surface area contributed by atoms with Crippen molar-refractivity contribution in [3.05, 3.63) is 35.9 Å². The van der Waals surface area contributed by atoms with Crippen molar-refractivity contribution in [2.24, 2.45) is 11.8 Å². The number of hydrogen-bond acceptors (Lipinski definition) is 7. The Hall–Kier alpha value is -3.89. The van der Waals surface area contributed by atoms with Gasteiger partial charge in [-0.05, 0) is 50.0 Å². The molecule has 2 rings (SSSR count). The number of nitrogens with one attached hydrogen (secondary N) is 4. The van der Waals surface area contributed by atoms with Crippen LogP contribution in [0.1, 0.15) is 46.6 Å². The third kappa shape index (κ3) is 9.25. The first-order valence-corrected chi connectivity index (χ1v) is 12.2. The minimum absolute atomic E-state index is 0.0245. The van der Waals surface area contributed by atoms with Gasteiger partial charge in [-0.25, -0.2) is 0 Å². The van der Waals surface area contributed by atoms with Crippen LogP contribution in [0.15, 0.2) is 30.3 Å². The molecule has 0 radical (unpaired) electrons. The summed E-state index contributed by atoms with van der Waals surface area (Å²) in [5.41, 5.74) is 0.640. The van der Waals surface area contributed by atoms with Crippen molar-refractivity contribution >= 4 is 35.7 Å². The summed E-state index contributed by atoms with van der Waals surface area (Å²) in [6.07, 6.45) is 1.89. The number of aromatic hydroxyl groups is 1. The van der Waals surface area contributed by atoms with Crippen LogP contribution < -0.4 is 21.3 Å². The zero-order valence-corrected chi connectivity index (χ0v) is 21.7. The molecule has 37 heavy (non-hydrogen) atoms. The van der Waals surface area contributed by atoms with E-state index in [4.69, 9.17) is 4.74 Å². The summed E-state index contributed by atoms with van der Waals surface area (Å²) in [5, 5.41) is 19.8. The molecule has 0 spiro atoms. The number of hydrogen-bond donors (Lipinski definition) is 5. The quantitative estimate of drug-likeness (QED) is 0.283. The molecule has 0 bridgehead atoms. The average Bonchev–Trinajstić information content (AvgIpc) is 2.83. The molecule has 11 nitrogen and oxygen atoms in total. The van der Waals surface area contributed by atoms with Gasteiger partial charge in [-0.3, -0.25) is 24.0 Å². The molecule has 0 aliphatic carbocycles. The summed E-state index contributed by atoms with van der Waals surface area (Å²) in [6.45, 7) is 8.24. The van der Waals surface area contributed by atoms with E-state index in [0.29, 0.717) is 5.56 Å². The number of amides is 4. The van der Waals surface area contributed by atoms with Crippen LogP contribution >= 0.6 is 0 Å². The summed E-state index contributed by atoms with van der Waals surface area (Å²) in [5.74, 6) is -3.65. The van der Waals surface area contributed by atoms with Crippen LogP contribution in [0.5, 0.6) is 5.75 Å². The predicted octanol–water partition coefficient (Wildman–Crippen LogP) is 0.623. The number of cyclic esters (lactones) is 1. The Morgan fingerprint density at radius 2 is 1.70 bits per heavy atom. The van der Waals surface area contributed by atoms with E-state index in [1.54, 1.807) is 19.1 Å². The van der Waals surface area contributed by atoms with E-state index < -0.39 is 59.7 Å². The van der Waals surface area contributed by atoms with E-state index in [9.17, 15) is 29.1 Å². The van der Waals surface area contributed by atoms with E-state index in [2.05, 4.69) is 21.3 Å². The maximum Gasteiger partial charge on any atom is 0.310 e. The molecule has 1 heterocycles. The third-order valence-electron chi connectivity index (χ3n) is 5.75. The molecule has 1 fully saturated rings. The minimum Gasteiger partial charge on any atom is -0.508 e. The van der Waals surface area contributed by atoms with Crippen LogP contribution in [0.25, 0.3) is 6.08 Å². The standard InChI is InChI=1S/C26H36N4O7/c1-14(2)12-20-24(34)28-16(4)23(33)27-13-15(3)26(36)37-17(5)22(25(35)29-20)30-21(32)11-8-18-6-9-19(31)10-7-18/h6-11,14-17,20,22,31H,12-13H2,1-5H3,(H,27,33)(H,28,34)(H,29,35)(H,30,32)/b11-8+/t15-,16+,17+,20-,22+/m0/s1. The molecule has 1 aliphatic rings. The Morgan fingerprint density at radius 3 is 2.32 bits per heavy atom. The summed E-state index contributed by atoms with van der Waals surface area (Å²) in [4.78, 5) is 63.8. The van der Waals surface area contributed by atoms with Gasteiger partial charge in [-0.1, -0.05) is 32.9 Å². The lowest BCUT2D eigenvalue weighted by molar-refractivity contribution is -0.156. The van der Waals surface area contributed by atoms with Gasteiger partial charge in [0.15, 0.2) is 0 Å². The highest BCUT2D eigenvalue weighted by atomic mass is 16.5. The van der Waals surface area contributed by atoms with Gasteiger partial charge >= 0.3 is 5.97 Å². The number of phenols is 1. The molecule has 5 N–H and O–H groups in total. The van der Waals surface area contributed by atoms with E-state index in [1.165, 1.54) is 38.1 Å². The van der Waals surface area contributed by atoms with E-state index >= 15 is 0 Å². The minimum atomic E-state index is -1.30. The highest BCUT2D eigenvalue weighted by Crippen LogP contribution is 2.12. The molecule has 1 aliphatic heterocycles. The highest BCUT2D eigenvalue weighted by Gasteiger charge is 2.34. The molecular formula is C26H36N4O7. The number of rotatable bonds is 5. The lowest BCUT2D eigenvalue weighted by Gasteiger charge is -2.29. The average molecular weight is 517 g/mol. The smallest absolute Gasteiger partial charge is 0.310 e. The molecule has 1 saturated heterocycles. The Labute approximate surface area is 216 Å². The van der Waals surface area contributed by atoms with Gasteiger partial charge in [-0.15, -0.1) is 0 Å². The Kier molecular flexibility index (Phi) is 10.6. The first-order valence-electron chi connectivity index (χ1n) is 12.2. The largest absolute Gasteiger partial charge is 0.508 e. The van der Waals surface area contributed by atoms with Gasteiger partial charge in [-0.2, -0.15) is 0 Å². The number of esters is 1. The van der Waals surface area contributed by atoms with Gasteiger partial charge in [0.1, 0.15) is 30.0 Å². The van der Waals surface area contributed by atoms with Crippen LogP contribution in [-0.2, 0) is 28.7 Å². The highest BCUT2D eigenvalue weighted by molar-refractivity contribution is 5.97. The molecule has 4 amide bonds. The first kappa shape index (κ1) is 29.3. The summed E-state index contributed by atoms with van der Waals surface area (Å²) in [7, 11) is 0. The molecule has 0 saturated carbocycles. The zero-order chi connectivity index (χ0) is 27.7. The van der Waals surface area contributed by atoms with E-state index in [-0.39, 0.29) is 24.6 Å². The van der Waals surface area contributed by atoms with Crippen LogP contribution in [0.2, 0.25) is 0 Å². The van der Waals surface area contributed by atoms with Gasteiger partial charge in [0, 0.05) is 12.6 Å². The zero-order valence-electron chi connectivity index (χ0n) is 21.7. The topological polar surface area (TPSA) is 163 Å². The van der Waals surface area contributed by atoms with Gasteiger partial charge in [0.2, 0.25) is 23.6 Å². The van der Waals surface area contributed by atoms with Crippen LogP contribution in [0, 0.1) is 11.8 Å². The van der Waals surface area contributed by atoms with Crippen molar-refractivity contribution in [1.29, 1.82) is 0 Å². The van der Waals surface area contributed by atoms with Crippen molar-refractivity contribution in [2.75, 3.05) is 6.54 Å². The van der Waals surface area contributed by atoms with Gasteiger partial charge in [0.25, 0.3) is 0 Å². The maximum absolute atomic E-state index is 13.3. The SMILES string of the molecule is CC(C)C[C@@H]1NC(=O)[C@H](NC(=O)/C=C/c2ccc(O)cc2)[C@@H](C)OC(=O)[C@@H](C)CNC(=O)[C@@H](C)NC1=O. The fraction of sp³-hybridized carbons (Fsp3) is 0.500. The van der Waals surface area contributed by atoms with Gasteiger partial charge in [0.05, 0.1) is 5.92 Å². The van der Waals surface area contributed by atoms with Crippen LogP contribution in [0.3, 0.4) is 0 Å².